The van der Waals surface area contributed by atoms with Gasteiger partial charge in [-0.3, -0.25) is 4.90 Å². The van der Waals surface area contributed by atoms with Crippen molar-refractivity contribution in [2.24, 2.45) is 5.92 Å². The minimum atomic E-state index is -0.589. The number of hydrogen-bond acceptors (Lipinski definition) is 4. The fourth-order valence-electron chi connectivity index (χ4n) is 5.08. The quantitative estimate of drug-likeness (QED) is 0.517. The van der Waals surface area contributed by atoms with Crippen LogP contribution in [-0.2, 0) is 24.0 Å². The molecule has 2 fully saturated rings. The molecule has 2 atom stereocenters. The van der Waals surface area contributed by atoms with Crippen molar-refractivity contribution in [3.8, 4) is 5.75 Å². The smallest absolute Gasteiger partial charge is 0.119 e. The van der Waals surface area contributed by atoms with Crippen molar-refractivity contribution in [1.29, 1.82) is 0 Å². The number of ether oxygens (including phenoxy) is 1. The normalized spacial score (nSPS) is 25.6. The van der Waals surface area contributed by atoms with E-state index in [1.807, 2.05) is 0 Å². The van der Waals surface area contributed by atoms with Crippen molar-refractivity contribution >= 4 is 11.2 Å². The third kappa shape index (κ3) is 5.24. The zero-order valence-electron chi connectivity index (χ0n) is 17.4. The molecule has 0 amide bonds. The van der Waals surface area contributed by atoms with Gasteiger partial charge in [-0.2, -0.15) is 0 Å². The van der Waals surface area contributed by atoms with Gasteiger partial charge in [-0.25, -0.2) is 0 Å². The van der Waals surface area contributed by atoms with Gasteiger partial charge in [0.05, 0.1) is 6.61 Å². The molecule has 0 N–H and O–H groups in total. The lowest BCUT2D eigenvalue weighted by molar-refractivity contribution is 0.170. The summed E-state index contributed by atoms with van der Waals surface area (Å²) in [6, 6.07) is 7.30. The molecular formula is C23H36N2O2S. The predicted octanol–water partition coefficient (Wildman–Crippen LogP) is 3.11. The average Bonchev–Trinajstić information content (AvgIpc) is 3.15. The van der Waals surface area contributed by atoms with Gasteiger partial charge in [0.15, 0.2) is 0 Å². The summed E-state index contributed by atoms with van der Waals surface area (Å²) in [4.78, 5) is 5.13. The Bertz CT molecular complexity index is 627. The zero-order valence-corrected chi connectivity index (χ0v) is 18.2. The minimum absolute atomic E-state index is 0.568. The predicted molar refractivity (Wildman–Crippen MR) is 117 cm³/mol. The van der Waals surface area contributed by atoms with E-state index >= 15 is 0 Å². The Hall–Kier alpha value is -0.750. The summed E-state index contributed by atoms with van der Waals surface area (Å²) in [6.07, 6.45) is 7.57. The fourth-order valence-corrected chi connectivity index (χ4v) is 6.16. The van der Waals surface area contributed by atoms with Crippen LogP contribution in [0.15, 0.2) is 18.2 Å². The average molecular weight is 405 g/mol. The summed E-state index contributed by atoms with van der Waals surface area (Å²) in [5.74, 6) is 3.41. The van der Waals surface area contributed by atoms with Crippen LogP contribution in [0.25, 0.3) is 0 Å². The number of fused-ring (bicyclic) bond motifs is 1. The lowest BCUT2D eigenvalue weighted by Gasteiger charge is -2.36. The van der Waals surface area contributed by atoms with Crippen molar-refractivity contribution in [2.75, 3.05) is 50.8 Å². The Morgan fingerprint density at radius 1 is 1.07 bits per heavy atom. The Kier molecular flexibility index (Phi) is 7.21. The molecule has 0 aromatic heterocycles. The summed E-state index contributed by atoms with van der Waals surface area (Å²) in [5, 5.41) is 0. The van der Waals surface area contributed by atoms with E-state index in [0.717, 1.165) is 49.8 Å². The number of benzene rings is 1. The third-order valence-electron chi connectivity index (χ3n) is 6.95. The van der Waals surface area contributed by atoms with E-state index in [2.05, 4.69) is 34.9 Å². The van der Waals surface area contributed by atoms with Crippen LogP contribution in [0.3, 0.4) is 0 Å². The molecule has 0 spiro atoms. The van der Waals surface area contributed by atoms with Gasteiger partial charge in [0.1, 0.15) is 17.3 Å². The van der Waals surface area contributed by atoms with Crippen molar-refractivity contribution < 1.29 is 9.29 Å². The molecule has 0 bridgehead atoms. The van der Waals surface area contributed by atoms with E-state index in [-0.39, 0.29) is 0 Å². The van der Waals surface area contributed by atoms with Gasteiger partial charge < -0.3 is 14.2 Å². The molecular weight excluding hydrogens is 368 g/mol. The molecule has 2 unspecified atom stereocenters. The Morgan fingerprint density at radius 3 is 2.61 bits per heavy atom. The minimum Gasteiger partial charge on any atom is -0.616 e. The van der Waals surface area contributed by atoms with Gasteiger partial charge in [-0.15, -0.1) is 0 Å². The van der Waals surface area contributed by atoms with E-state index in [0.29, 0.717) is 12.0 Å². The summed E-state index contributed by atoms with van der Waals surface area (Å²) < 4.78 is 17.7. The molecule has 3 aliphatic rings. The highest BCUT2D eigenvalue weighted by molar-refractivity contribution is 7.91. The first-order chi connectivity index (χ1) is 13.7. The molecule has 5 heteroatoms. The van der Waals surface area contributed by atoms with Crippen molar-refractivity contribution in [3.63, 3.8) is 0 Å². The fraction of sp³-hybridized carbons (Fsp3) is 0.739. The van der Waals surface area contributed by atoms with Gasteiger partial charge in [0.25, 0.3) is 0 Å². The zero-order chi connectivity index (χ0) is 19.3. The summed E-state index contributed by atoms with van der Waals surface area (Å²) in [7, 11) is 0. The molecule has 4 nitrogen and oxygen atoms in total. The monoisotopic (exact) mass is 404 g/mol. The largest absolute Gasteiger partial charge is 0.616 e. The van der Waals surface area contributed by atoms with Crippen LogP contribution in [0, 0.1) is 5.92 Å². The van der Waals surface area contributed by atoms with Gasteiger partial charge in [0.2, 0.25) is 0 Å². The lowest BCUT2D eigenvalue weighted by Crippen LogP contribution is -2.47. The Labute approximate surface area is 173 Å². The Balaban J connectivity index is 1.23. The van der Waals surface area contributed by atoms with E-state index in [9.17, 15) is 4.55 Å². The van der Waals surface area contributed by atoms with Gasteiger partial charge in [-0.1, -0.05) is 23.7 Å². The van der Waals surface area contributed by atoms with E-state index < -0.39 is 11.2 Å². The Morgan fingerprint density at radius 2 is 1.82 bits per heavy atom. The molecule has 1 aromatic rings. The van der Waals surface area contributed by atoms with E-state index in [4.69, 9.17) is 4.74 Å². The standard InChI is InChI=1S/C23H36N2O2S/c1-19(25-11-14-28(26)15-12-25)21-16-20-6-7-23(18-22(20)17-21)27-13-5-10-24-8-3-2-4-9-24/h6-7,18-19,21H,2-5,8-17H2,1H3. The van der Waals surface area contributed by atoms with Crippen molar-refractivity contribution in [2.45, 2.75) is 51.5 Å². The maximum absolute atomic E-state index is 11.6. The molecule has 1 aliphatic carbocycles. The first-order valence-corrected chi connectivity index (χ1v) is 12.7. The van der Waals surface area contributed by atoms with E-state index in [1.54, 1.807) is 0 Å². The van der Waals surface area contributed by atoms with Crippen molar-refractivity contribution in [3.05, 3.63) is 29.3 Å². The third-order valence-corrected chi connectivity index (χ3v) is 8.22. The van der Waals surface area contributed by atoms with Crippen molar-refractivity contribution in [1.82, 2.24) is 9.80 Å². The van der Waals surface area contributed by atoms with Crippen LogP contribution < -0.4 is 4.74 Å². The molecule has 0 saturated carbocycles. The maximum Gasteiger partial charge on any atom is 0.119 e. The molecule has 2 heterocycles. The molecule has 2 aliphatic heterocycles. The molecule has 1 aromatic carbocycles. The van der Waals surface area contributed by atoms with Crippen LogP contribution in [0.2, 0.25) is 0 Å². The SMILES string of the molecule is CC(C1Cc2ccc(OCCCN3CCCCC3)cc2C1)N1CC[S+]([O-])CC1. The number of rotatable bonds is 7. The molecule has 0 radical (unpaired) electrons. The highest BCUT2D eigenvalue weighted by atomic mass is 32.2. The summed E-state index contributed by atoms with van der Waals surface area (Å²) in [6.45, 7) is 8.88. The highest BCUT2D eigenvalue weighted by Gasteiger charge is 2.32. The van der Waals surface area contributed by atoms with Crippen LogP contribution in [0.5, 0.6) is 5.75 Å². The first-order valence-electron chi connectivity index (χ1n) is 11.2. The number of hydrogen-bond donors (Lipinski definition) is 0. The second kappa shape index (κ2) is 9.84. The molecule has 4 rings (SSSR count). The summed E-state index contributed by atoms with van der Waals surface area (Å²) >= 11 is -0.589. The lowest BCUT2D eigenvalue weighted by atomic mass is 9.96. The number of likely N-dealkylation sites (tertiary alicyclic amines) is 1. The molecule has 2 saturated heterocycles. The number of nitrogens with zero attached hydrogens (tertiary/aromatic N) is 2. The van der Waals surface area contributed by atoms with Gasteiger partial charge in [-0.05, 0) is 81.3 Å². The van der Waals surface area contributed by atoms with Crippen LogP contribution >= 0.6 is 0 Å². The van der Waals surface area contributed by atoms with Gasteiger partial charge >= 0.3 is 0 Å². The van der Waals surface area contributed by atoms with Crippen LogP contribution in [-0.4, -0.2) is 71.2 Å². The van der Waals surface area contributed by atoms with Gasteiger partial charge in [0, 0.05) is 25.7 Å². The second-order valence-electron chi connectivity index (χ2n) is 8.83. The molecule has 28 heavy (non-hydrogen) atoms. The topological polar surface area (TPSA) is 38.8 Å². The molecule has 156 valence electrons. The highest BCUT2D eigenvalue weighted by Crippen LogP contribution is 2.33. The summed E-state index contributed by atoms with van der Waals surface area (Å²) in [5.41, 5.74) is 2.98. The van der Waals surface area contributed by atoms with Crippen LogP contribution in [0.1, 0.15) is 43.7 Å². The van der Waals surface area contributed by atoms with E-state index in [1.165, 1.54) is 56.4 Å². The maximum atomic E-state index is 11.6. The first kappa shape index (κ1) is 20.5. The van der Waals surface area contributed by atoms with Crippen LogP contribution in [0.4, 0.5) is 0 Å². The number of piperidine rings is 1. The second-order valence-corrected chi connectivity index (χ2v) is 10.5.